The summed E-state index contributed by atoms with van der Waals surface area (Å²) in [6.07, 6.45) is 2.10. The first kappa shape index (κ1) is 21.3. The fraction of sp³-hybridized carbons (Fsp3) is 0.450. The van der Waals surface area contributed by atoms with Gasteiger partial charge in [0.15, 0.2) is 0 Å². The number of carbonyl (C=O) groups is 2. The molecule has 2 N–H and O–H groups in total. The number of hydrogen-bond acceptors (Lipinski definition) is 8. The van der Waals surface area contributed by atoms with Crippen molar-refractivity contribution < 1.29 is 19.1 Å². The molecule has 31 heavy (non-hydrogen) atoms. The van der Waals surface area contributed by atoms with Crippen LogP contribution < -0.4 is 10.6 Å². The number of tetrazole rings is 1. The van der Waals surface area contributed by atoms with Gasteiger partial charge >= 0.3 is 12.0 Å². The zero-order valence-corrected chi connectivity index (χ0v) is 17.9. The van der Waals surface area contributed by atoms with Crippen LogP contribution >= 0.6 is 11.8 Å². The highest BCUT2D eigenvalue weighted by molar-refractivity contribution is 7.99. The van der Waals surface area contributed by atoms with Crippen LogP contribution in [0.4, 0.5) is 4.79 Å². The summed E-state index contributed by atoms with van der Waals surface area (Å²) in [6.45, 7) is 3.31. The van der Waals surface area contributed by atoms with Crippen molar-refractivity contribution in [2.45, 2.75) is 43.6 Å². The van der Waals surface area contributed by atoms with Gasteiger partial charge in [-0.2, -0.15) is 0 Å². The lowest BCUT2D eigenvalue weighted by Gasteiger charge is -2.29. The van der Waals surface area contributed by atoms with Crippen LogP contribution in [0.1, 0.15) is 31.4 Å². The van der Waals surface area contributed by atoms with Gasteiger partial charge in [0, 0.05) is 18.1 Å². The third-order valence-corrected chi connectivity index (χ3v) is 6.01. The number of ether oxygens (including phenoxy) is 2. The summed E-state index contributed by atoms with van der Waals surface area (Å²) in [5.74, 6) is -0.171. The molecule has 2 aliphatic heterocycles. The minimum absolute atomic E-state index is 0.0956. The molecule has 2 amide bonds. The smallest absolute Gasteiger partial charge is 0.338 e. The fourth-order valence-corrected chi connectivity index (χ4v) is 4.46. The Morgan fingerprint density at radius 2 is 2.19 bits per heavy atom. The zero-order chi connectivity index (χ0) is 21.6. The third-order valence-electron chi connectivity index (χ3n) is 5.03. The summed E-state index contributed by atoms with van der Waals surface area (Å²) in [4.78, 5) is 25.2. The van der Waals surface area contributed by atoms with E-state index in [1.807, 2.05) is 30.3 Å². The van der Waals surface area contributed by atoms with E-state index in [2.05, 4.69) is 26.2 Å². The number of esters is 1. The average molecular weight is 445 g/mol. The number of thioether (sulfide) groups is 1. The fourth-order valence-electron chi connectivity index (χ4n) is 3.61. The maximum atomic E-state index is 12.8. The van der Waals surface area contributed by atoms with E-state index in [-0.39, 0.29) is 18.7 Å². The average Bonchev–Trinajstić information content (AvgIpc) is 3.45. The van der Waals surface area contributed by atoms with E-state index in [9.17, 15) is 9.59 Å². The standard InChI is InChI=1S/C20H24N6O4S/c1-2-29-18(27)16-15(21-19(28)22-17(16)13-7-4-3-5-8-13)12-31-20-23-24-25-26(20)11-14-9-6-10-30-14/h3-5,7-8,14,17H,2,6,9-12H2,1H3,(H2,21,22,28)/t14-,17+/m1/s1. The molecule has 3 heterocycles. The van der Waals surface area contributed by atoms with Gasteiger partial charge < -0.3 is 20.1 Å². The molecule has 10 nitrogen and oxygen atoms in total. The topological polar surface area (TPSA) is 120 Å². The normalized spacial score (nSPS) is 21.0. The van der Waals surface area contributed by atoms with Crippen molar-refractivity contribution in [1.29, 1.82) is 0 Å². The molecule has 2 aromatic rings. The van der Waals surface area contributed by atoms with Crippen LogP contribution in [0.5, 0.6) is 0 Å². The van der Waals surface area contributed by atoms with Crippen LogP contribution in [0.25, 0.3) is 0 Å². The highest BCUT2D eigenvalue weighted by atomic mass is 32.2. The van der Waals surface area contributed by atoms with E-state index in [4.69, 9.17) is 9.47 Å². The van der Waals surface area contributed by atoms with E-state index in [1.54, 1.807) is 11.6 Å². The minimum Gasteiger partial charge on any atom is -0.463 e. The molecule has 1 aromatic carbocycles. The van der Waals surface area contributed by atoms with Crippen molar-refractivity contribution >= 4 is 23.8 Å². The van der Waals surface area contributed by atoms with Crippen LogP contribution in [-0.4, -0.2) is 57.3 Å². The van der Waals surface area contributed by atoms with Crippen LogP contribution in [0, 0.1) is 0 Å². The number of hydrogen-bond donors (Lipinski definition) is 2. The van der Waals surface area contributed by atoms with Crippen LogP contribution in [0.15, 0.2) is 46.8 Å². The lowest BCUT2D eigenvalue weighted by Crippen LogP contribution is -2.46. The lowest BCUT2D eigenvalue weighted by atomic mass is 9.95. The van der Waals surface area contributed by atoms with E-state index in [0.29, 0.717) is 28.7 Å². The molecule has 0 radical (unpaired) electrons. The Bertz CT molecular complexity index is 958. The van der Waals surface area contributed by atoms with Gasteiger partial charge in [0.2, 0.25) is 5.16 Å². The molecule has 2 aliphatic rings. The number of carbonyl (C=O) groups excluding carboxylic acids is 2. The zero-order valence-electron chi connectivity index (χ0n) is 17.1. The number of benzene rings is 1. The summed E-state index contributed by atoms with van der Waals surface area (Å²) < 4.78 is 12.7. The SMILES string of the molecule is CCOC(=O)C1=C(CSc2nnnn2C[C@H]2CCCO2)NC(=O)N[C@H]1c1ccccc1. The molecule has 11 heteroatoms. The molecule has 2 atom stereocenters. The summed E-state index contributed by atoms with van der Waals surface area (Å²) in [7, 11) is 0. The van der Waals surface area contributed by atoms with Gasteiger partial charge in [-0.25, -0.2) is 14.3 Å². The lowest BCUT2D eigenvalue weighted by molar-refractivity contribution is -0.139. The first-order valence-electron chi connectivity index (χ1n) is 10.2. The molecule has 0 aliphatic carbocycles. The molecular weight excluding hydrogens is 420 g/mol. The minimum atomic E-state index is -0.604. The summed E-state index contributed by atoms with van der Waals surface area (Å²) in [5, 5.41) is 18.1. The Kier molecular flexibility index (Phi) is 6.82. The number of rotatable bonds is 8. The van der Waals surface area contributed by atoms with Crippen molar-refractivity contribution in [3.8, 4) is 0 Å². The molecule has 0 spiro atoms. The summed E-state index contributed by atoms with van der Waals surface area (Å²) in [5.41, 5.74) is 1.65. The van der Waals surface area contributed by atoms with Crippen LogP contribution in [0.3, 0.4) is 0 Å². The number of aromatic nitrogens is 4. The van der Waals surface area contributed by atoms with Crippen molar-refractivity contribution in [3.05, 3.63) is 47.2 Å². The van der Waals surface area contributed by atoms with Crippen molar-refractivity contribution in [1.82, 2.24) is 30.8 Å². The predicted molar refractivity (Wildman–Crippen MR) is 112 cm³/mol. The van der Waals surface area contributed by atoms with Gasteiger partial charge in [-0.15, -0.1) is 5.10 Å². The first-order valence-corrected chi connectivity index (χ1v) is 11.2. The van der Waals surface area contributed by atoms with Crippen molar-refractivity contribution in [2.24, 2.45) is 0 Å². The Morgan fingerprint density at radius 3 is 2.94 bits per heavy atom. The molecular formula is C20H24N6O4S. The molecule has 0 saturated carbocycles. The second-order valence-electron chi connectivity index (χ2n) is 7.12. The van der Waals surface area contributed by atoms with Crippen molar-refractivity contribution in [2.75, 3.05) is 19.0 Å². The Labute approximate surface area is 183 Å². The molecule has 4 rings (SSSR count). The van der Waals surface area contributed by atoms with Gasteiger partial charge in [-0.1, -0.05) is 42.1 Å². The second kappa shape index (κ2) is 9.92. The highest BCUT2D eigenvalue weighted by Crippen LogP contribution is 2.30. The van der Waals surface area contributed by atoms with Gasteiger partial charge in [0.25, 0.3) is 0 Å². The molecule has 1 fully saturated rings. The molecule has 1 saturated heterocycles. The van der Waals surface area contributed by atoms with Gasteiger partial charge in [0.1, 0.15) is 0 Å². The van der Waals surface area contributed by atoms with Crippen molar-refractivity contribution in [3.63, 3.8) is 0 Å². The first-order chi connectivity index (χ1) is 15.2. The van der Waals surface area contributed by atoms with E-state index in [1.165, 1.54) is 11.8 Å². The third kappa shape index (κ3) is 5.05. The number of nitrogens with zero attached hydrogens (tertiary/aromatic N) is 4. The van der Waals surface area contributed by atoms with Gasteiger partial charge in [-0.3, -0.25) is 0 Å². The monoisotopic (exact) mass is 444 g/mol. The van der Waals surface area contributed by atoms with E-state index >= 15 is 0 Å². The quantitative estimate of drug-likeness (QED) is 0.467. The Hall–Kier alpha value is -2.92. The van der Waals surface area contributed by atoms with Gasteiger partial charge in [-0.05, 0) is 35.8 Å². The summed E-state index contributed by atoms with van der Waals surface area (Å²) >= 11 is 1.35. The maximum absolute atomic E-state index is 12.8. The Morgan fingerprint density at radius 1 is 1.35 bits per heavy atom. The van der Waals surface area contributed by atoms with E-state index < -0.39 is 12.0 Å². The summed E-state index contributed by atoms with van der Waals surface area (Å²) in [6, 6.07) is 8.35. The second-order valence-corrected chi connectivity index (χ2v) is 8.06. The molecule has 164 valence electrons. The van der Waals surface area contributed by atoms with Gasteiger partial charge in [0.05, 0.1) is 30.9 Å². The number of urea groups is 1. The Balaban J connectivity index is 1.58. The molecule has 1 aromatic heterocycles. The number of amides is 2. The maximum Gasteiger partial charge on any atom is 0.338 e. The number of nitrogens with one attached hydrogen (secondary N) is 2. The molecule has 0 unspecified atom stereocenters. The van der Waals surface area contributed by atoms with Crippen LogP contribution in [-0.2, 0) is 20.8 Å². The largest absolute Gasteiger partial charge is 0.463 e. The predicted octanol–water partition coefficient (Wildman–Crippen LogP) is 1.82. The highest BCUT2D eigenvalue weighted by Gasteiger charge is 2.34. The van der Waals surface area contributed by atoms with E-state index in [0.717, 1.165) is 25.0 Å². The van der Waals surface area contributed by atoms with Crippen LogP contribution in [0.2, 0.25) is 0 Å². The molecule has 0 bridgehead atoms.